The molecule has 0 spiro atoms. The molecule has 6 heteroatoms. The number of nitrogens with one attached hydrogen (secondary N) is 1. The Balaban J connectivity index is 2.54. The van der Waals surface area contributed by atoms with Gasteiger partial charge in [0.15, 0.2) is 0 Å². The van der Waals surface area contributed by atoms with Gasteiger partial charge in [-0.3, -0.25) is 4.98 Å². The fourth-order valence-corrected chi connectivity index (χ4v) is 2.99. The minimum atomic E-state index is -3.24. The Kier molecular flexibility index (Phi) is 6.41. The Hall–Kier alpha value is -0.980. The summed E-state index contributed by atoms with van der Waals surface area (Å²) in [5.41, 5.74) is 0.906. The van der Waals surface area contributed by atoms with Gasteiger partial charge in [-0.2, -0.15) is 0 Å². The van der Waals surface area contributed by atoms with Gasteiger partial charge < -0.3 is 5.32 Å². The highest BCUT2D eigenvalue weighted by Crippen LogP contribution is 2.07. The fourth-order valence-electron chi connectivity index (χ4n) is 1.71. The molecule has 0 aliphatic rings. The predicted molar refractivity (Wildman–Crippen MR) is 77.5 cm³/mol. The molecular formula is C13H23N3O2S. The Morgan fingerprint density at radius 2 is 2.16 bits per heavy atom. The number of hydrogen-bond acceptors (Lipinski definition) is 4. The summed E-state index contributed by atoms with van der Waals surface area (Å²) in [7, 11) is -1.61. The normalized spacial score (nSPS) is 13.7. The van der Waals surface area contributed by atoms with E-state index < -0.39 is 15.3 Å². The zero-order valence-electron chi connectivity index (χ0n) is 11.8. The largest absolute Gasteiger partial charge is 0.316 e. The van der Waals surface area contributed by atoms with E-state index >= 15 is 0 Å². The Morgan fingerprint density at radius 3 is 2.74 bits per heavy atom. The van der Waals surface area contributed by atoms with E-state index in [4.69, 9.17) is 0 Å². The van der Waals surface area contributed by atoms with Crippen molar-refractivity contribution in [3.05, 3.63) is 30.1 Å². The van der Waals surface area contributed by atoms with Gasteiger partial charge in [0.05, 0.1) is 5.25 Å². The molecular weight excluding hydrogens is 262 g/mol. The average molecular weight is 285 g/mol. The lowest BCUT2D eigenvalue weighted by Crippen LogP contribution is -2.40. The standard InChI is InChI=1S/C13H23N3O2S/c1-4-14-11-12(2)19(17,18)16(3)10-8-13-7-5-6-9-15-13/h5-7,9,12,14H,4,8,10-11H2,1-3H3. The molecule has 1 unspecified atom stereocenters. The summed E-state index contributed by atoms with van der Waals surface area (Å²) in [6, 6.07) is 5.66. The second kappa shape index (κ2) is 7.57. The topological polar surface area (TPSA) is 62.3 Å². The lowest BCUT2D eigenvalue weighted by Gasteiger charge is -2.22. The van der Waals surface area contributed by atoms with Crippen LogP contribution in [0.3, 0.4) is 0 Å². The van der Waals surface area contributed by atoms with E-state index in [-0.39, 0.29) is 0 Å². The minimum Gasteiger partial charge on any atom is -0.316 e. The van der Waals surface area contributed by atoms with Gasteiger partial charge in [-0.05, 0) is 25.6 Å². The van der Waals surface area contributed by atoms with Gasteiger partial charge in [0.25, 0.3) is 0 Å². The summed E-state index contributed by atoms with van der Waals surface area (Å²) in [5, 5.41) is 2.65. The molecule has 0 amide bonds. The minimum absolute atomic E-state index is 0.416. The van der Waals surface area contributed by atoms with E-state index in [0.29, 0.717) is 19.5 Å². The Labute approximate surface area is 116 Å². The van der Waals surface area contributed by atoms with Crippen molar-refractivity contribution in [1.29, 1.82) is 0 Å². The maximum absolute atomic E-state index is 12.2. The van der Waals surface area contributed by atoms with Crippen molar-refractivity contribution in [2.24, 2.45) is 0 Å². The molecule has 1 aromatic heterocycles. The van der Waals surface area contributed by atoms with Crippen molar-refractivity contribution in [3.63, 3.8) is 0 Å². The van der Waals surface area contributed by atoms with E-state index in [0.717, 1.165) is 12.2 Å². The first-order chi connectivity index (χ1) is 8.98. The SMILES string of the molecule is CCNCC(C)S(=O)(=O)N(C)CCc1ccccn1. The molecule has 0 radical (unpaired) electrons. The van der Waals surface area contributed by atoms with Crippen LogP contribution in [0.5, 0.6) is 0 Å². The number of rotatable bonds is 8. The third-order valence-corrected chi connectivity index (χ3v) is 5.27. The van der Waals surface area contributed by atoms with Crippen LogP contribution in [-0.4, -0.2) is 49.6 Å². The monoisotopic (exact) mass is 285 g/mol. The molecule has 0 saturated carbocycles. The van der Waals surface area contributed by atoms with E-state index in [2.05, 4.69) is 10.3 Å². The van der Waals surface area contributed by atoms with Crippen molar-refractivity contribution in [3.8, 4) is 0 Å². The molecule has 5 nitrogen and oxygen atoms in total. The second-order valence-electron chi connectivity index (χ2n) is 4.56. The molecule has 108 valence electrons. The van der Waals surface area contributed by atoms with Crippen molar-refractivity contribution < 1.29 is 8.42 Å². The van der Waals surface area contributed by atoms with Gasteiger partial charge in [0.1, 0.15) is 0 Å². The first kappa shape index (κ1) is 16.1. The van der Waals surface area contributed by atoms with Crippen molar-refractivity contribution in [2.75, 3.05) is 26.7 Å². The molecule has 1 aromatic rings. The number of hydrogen-bond donors (Lipinski definition) is 1. The highest BCUT2D eigenvalue weighted by atomic mass is 32.2. The lowest BCUT2D eigenvalue weighted by atomic mass is 10.3. The zero-order valence-corrected chi connectivity index (χ0v) is 12.7. The maximum atomic E-state index is 12.2. The summed E-state index contributed by atoms with van der Waals surface area (Å²) < 4.78 is 25.9. The molecule has 19 heavy (non-hydrogen) atoms. The van der Waals surface area contributed by atoms with Gasteiger partial charge in [0, 0.05) is 38.4 Å². The highest BCUT2D eigenvalue weighted by Gasteiger charge is 2.25. The summed E-state index contributed by atoms with van der Waals surface area (Å²) in [6.07, 6.45) is 2.35. The van der Waals surface area contributed by atoms with Crippen LogP contribution >= 0.6 is 0 Å². The van der Waals surface area contributed by atoms with Crippen LogP contribution in [0, 0.1) is 0 Å². The summed E-state index contributed by atoms with van der Waals surface area (Å²) >= 11 is 0. The molecule has 0 aromatic carbocycles. The summed E-state index contributed by atoms with van der Waals surface area (Å²) in [4.78, 5) is 4.19. The van der Waals surface area contributed by atoms with Crippen LogP contribution in [0.4, 0.5) is 0 Å². The number of aromatic nitrogens is 1. The fraction of sp³-hybridized carbons (Fsp3) is 0.615. The van der Waals surface area contributed by atoms with Crippen molar-refractivity contribution in [2.45, 2.75) is 25.5 Å². The molecule has 1 atom stereocenters. The number of sulfonamides is 1. The summed E-state index contributed by atoms with van der Waals surface area (Å²) in [5.74, 6) is 0. The third-order valence-electron chi connectivity index (χ3n) is 3.03. The van der Waals surface area contributed by atoms with E-state index in [1.807, 2.05) is 25.1 Å². The van der Waals surface area contributed by atoms with Crippen LogP contribution in [0.25, 0.3) is 0 Å². The van der Waals surface area contributed by atoms with Gasteiger partial charge >= 0.3 is 0 Å². The van der Waals surface area contributed by atoms with Crippen LogP contribution in [0.15, 0.2) is 24.4 Å². The van der Waals surface area contributed by atoms with Gasteiger partial charge in [-0.15, -0.1) is 0 Å². The molecule has 0 bridgehead atoms. The van der Waals surface area contributed by atoms with Crippen LogP contribution < -0.4 is 5.32 Å². The van der Waals surface area contributed by atoms with E-state index in [1.165, 1.54) is 4.31 Å². The molecule has 0 aliphatic heterocycles. The second-order valence-corrected chi connectivity index (χ2v) is 7.01. The van der Waals surface area contributed by atoms with Crippen molar-refractivity contribution >= 4 is 10.0 Å². The van der Waals surface area contributed by atoms with Crippen molar-refractivity contribution in [1.82, 2.24) is 14.6 Å². The Morgan fingerprint density at radius 1 is 1.42 bits per heavy atom. The van der Waals surface area contributed by atoms with E-state index in [1.54, 1.807) is 20.2 Å². The summed E-state index contributed by atoms with van der Waals surface area (Å²) in [6.45, 7) is 5.40. The smallest absolute Gasteiger partial charge is 0.217 e. The molecule has 0 saturated heterocycles. The quantitative estimate of drug-likeness (QED) is 0.770. The number of nitrogens with zero attached hydrogens (tertiary/aromatic N) is 2. The molecule has 1 N–H and O–H groups in total. The lowest BCUT2D eigenvalue weighted by molar-refractivity contribution is 0.458. The van der Waals surface area contributed by atoms with E-state index in [9.17, 15) is 8.42 Å². The predicted octanol–water partition coefficient (Wildman–Crippen LogP) is 0.884. The first-order valence-corrected chi connectivity index (χ1v) is 8.04. The van der Waals surface area contributed by atoms with Crippen LogP contribution in [0.2, 0.25) is 0 Å². The zero-order chi connectivity index (χ0) is 14.3. The first-order valence-electron chi connectivity index (χ1n) is 6.54. The molecule has 1 rings (SSSR count). The number of likely N-dealkylation sites (N-methyl/N-ethyl adjacent to an activating group) is 1. The number of pyridine rings is 1. The molecule has 0 aliphatic carbocycles. The molecule has 0 fully saturated rings. The molecule has 1 heterocycles. The van der Waals surface area contributed by atoms with Gasteiger partial charge in [-0.25, -0.2) is 12.7 Å². The van der Waals surface area contributed by atoms with Gasteiger partial charge in [0.2, 0.25) is 10.0 Å². The van der Waals surface area contributed by atoms with Crippen LogP contribution in [-0.2, 0) is 16.4 Å². The average Bonchev–Trinajstić information content (AvgIpc) is 2.42. The third kappa shape index (κ3) is 4.89. The Bertz CT molecular complexity index is 462. The van der Waals surface area contributed by atoms with Gasteiger partial charge in [-0.1, -0.05) is 13.0 Å². The highest BCUT2D eigenvalue weighted by molar-refractivity contribution is 7.89. The van der Waals surface area contributed by atoms with Crippen LogP contribution in [0.1, 0.15) is 19.5 Å². The maximum Gasteiger partial charge on any atom is 0.217 e.